The third kappa shape index (κ3) is 1.24. The van der Waals surface area contributed by atoms with Gasteiger partial charge in [0.05, 0.1) is 0 Å². The molecule has 1 saturated heterocycles. The van der Waals surface area contributed by atoms with Crippen molar-refractivity contribution in [3.63, 3.8) is 0 Å². The summed E-state index contributed by atoms with van der Waals surface area (Å²) in [6, 6.07) is 0. The third-order valence-electron chi connectivity index (χ3n) is 0.449. The van der Waals surface area contributed by atoms with E-state index in [2.05, 4.69) is 12.2 Å². The molecule has 44 valence electrons. The van der Waals surface area contributed by atoms with Crippen LogP contribution >= 0.6 is 7.74 Å². The molecule has 1 fully saturated rings. The van der Waals surface area contributed by atoms with Crippen molar-refractivity contribution in [3.05, 3.63) is 0 Å². The van der Waals surface area contributed by atoms with E-state index in [9.17, 15) is 0 Å². The van der Waals surface area contributed by atoms with E-state index in [1.54, 1.807) is 0 Å². The Hall–Kier alpha value is 1.05. The summed E-state index contributed by atoms with van der Waals surface area (Å²) >= 11 is 0.250. The summed E-state index contributed by atoms with van der Waals surface area (Å²) in [5.74, 6) is 0. The van der Waals surface area contributed by atoms with Crippen LogP contribution in [0.4, 0.5) is 0 Å². The Kier molecular flexibility index (Phi) is 1.15. The Bertz CT molecular complexity index is 90.3. The van der Waals surface area contributed by atoms with Gasteiger partial charge in [0, 0.05) is 0 Å². The average Bonchev–Trinajstić information content (AvgIpc) is 2.20. The van der Waals surface area contributed by atoms with E-state index in [4.69, 9.17) is 9.79 Å². The molecule has 0 bridgehead atoms. The maximum atomic E-state index is 8.45. The molecule has 1 aliphatic rings. The topological polar surface area (TPSA) is 74.8 Å². The van der Waals surface area contributed by atoms with Gasteiger partial charge in [0.2, 0.25) is 0 Å². The summed E-state index contributed by atoms with van der Waals surface area (Å²) in [5.41, 5.74) is 0. The van der Waals surface area contributed by atoms with Crippen LogP contribution in [0, 0.1) is 0 Å². The first kappa shape index (κ1) is 6.17. The Labute approximate surface area is 53.5 Å². The Morgan fingerprint density at radius 3 is 1.86 bits per heavy atom. The maximum absolute atomic E-state index is 8.45. The van der Waals surface area contributed by atoms with Crippen LogP contribution in [0.3, 0.4) is 0 Å². The van der Waals surface area contributed by atoms with Crippen molar-refractivity contribution in [1.29, 1.82) is 0 Å². The van der Waals surface area contributed by atoms with Gasteiger partial charge in [-0.05, 0) is 0 Å². The fraction of sp³-hybridized carbons (Fsp3) is 0. The molecule has 1 heterocycles. The second-order valence-corrected chi connectivity index (χ2v) is 4.98. The van der Waals surface area contributed by atoms with Gasteiger partial charge in [-0.25, -0.2) is 0 Å². The predicted octanol–water partition coefficient (Wildman–Crippen LogP) is -1.37. The van der Waals surface area contributed by atoms with Gasteiger partial charge in [-0.1, -0.05) is 0 Å². The third-order valence-corrected chi connectivity index (χ3v) is 4.44. The second kappa shape index (κ2) is 1.31. The van der Waals surface area contributed by atoms with Crippen molar-refractivity contribution in [1.82, 2.24) is 0 Å². The first-order valence-corrected chi connectivity index (χ1v) is 4.59. The zero-order valence-corrected chi connectivity index (χ0v) is 7.33. The SMILES string of the molecule is OP1(O)([O][SbH2])OO1. The number of hydrogen-bond acceptors (Lipinski definition) is 5. The van der Waals surface area contributed by atoms with Crippen LogP contribution in [-0.2, 0) is 12.2 Å². The molecule has 1 rings (SSSR count). The normalized spacial score (nSPS) is 38.4. The molecule has 7 heteroatoms. The van der Waals surface area contributed by atoms with Crippen LogP contribution in [0.15, 0.2) is 0 Å². The van der Waals surface area contributed by atoms with Gasteiger partial charge in [-0.2, -0.15) is 0 Å². The molecule has 0 aromatic carbocycles. The minimum atomic E-state index is -4.27. The van der Waals surface area contributed by atoms with Gasteiger partial charge in [-0.15, -0.1) is 0 Å². The molecule has 5 nitrogen and oxygen atoms in total. The quantitative estimate of drug-likeness (QED) is 0.254. The van der Waals surface area contributed by atoms with Gasteiger partial charge in [0.15, 0.2) is 0 Å². The summed E-state index contributed by atoms with van der Waals surface area (Å²) in [4.78, 5) is 16.9. The molecule has 0 radical (unpaired) electrons. The average molecular weight is 237 g/mol. The molecule has 0 amide bonds. The van der Waals surface area contributed by atoms with Gasteiger partial charge < -0.3 is 0 Å². The minimum absolute atomic E-state index is 0.250. The van der Waals surface area contributed by atoms with Crippen LogP contribution < -0.4 is 0 Å². The summed E-state index contributed by atoms with van der Waals surface area (Å²) in [6.07, 6.45) is 0. The van der Waals surface area contributed by atoms with Crippen molar-refractivity contribution < 1.29 is 21.9 Å². The molecule has 1 aliphatic heterocycles. The van der Waals surface area contributed by atoms with E-state index in [0.29, 0.717) is 0 Å². The fourth-order valence-corrected chi connectivity index (χ4v) is 1.10. The van der Waals surface area contributed by atoms with E-state index < -0.39 is 7.74 Å². The van der Waals surface area contributed by atoms with Crippen LogP contribution in [0.25, 0.3) is 0 Å². The molecule has 2 N–H and O–H groups in total. The summed E-state index contributed by atoms with van der Waals surface area (Å²) in [6.45, 7) is 0. The first-order chi connectivity index (χ1) is 3.05. The molecule has 7 heavy (non-hydrogen) atoms. The fourth-order valence-electron chi connectivity index (χ4n) is 0.0786. The molecule has 0 aromatic heterocycles. The van der Waals surface area contributed by atoms with E-state index >= 15 is 0 Å². The predicted molar refractivity (Wildman–Crippen MR) is 23.2 cm³/mol. The number of rotatable bonds is 1. The zero-order valence-electron chi connectivity index (χ0n) is 3.14. The van der Waals surface area contributed by atoms with E-state index in [0.717, 1.165) is 0 Å². The Morgan fingerprint density at radius 2 is 1.86 bits per heavy atom. The van der Waals surface area contributed by atoms with E-state index in [1.165, 1.54) is 0 Å². The second-order valence-electron chi connectivity index (χ2n) is 1.06. The van der Waals surface area contributed by atoms with Gasteiger partial charge in [0.1, 0.15) is 0 Å². The Morgan fingerprint density at radius 1 is 1.43 bits per heavy atom. The number of hydrogen-bond donors (Lipinski definition) is 2. The van der Waals surface area contributed by atoms with E-state index in [1.807, 2.05) is 0 Å². The van der Waals surface area contributed by atoms with Crippen molar-refractivity contribution in [2.24, 2.45) is 0 Å². The Balaban J connectivity index is 2.58. The van der Waals surface area contributed by atoms with Crippen LogP contribution in [0.5, 0.6) is 0 Å². The first-order valence-electron chi connectivity index (χ1n) is 1.35. The monoisotopic (exact) mass is 236 g/mol. The van der Waals surface area contributed by atoms with Crippen molar-refractivity contribution in [2.45, 2.75) is 0 Å². The molecular weight excluding hydrogens is 233 g/mol. The van der Waals surface area contributed by atoms with Gasteiger partial charge >= 0.3 is 53.1 Å². The van der Waals surface area contributed by atoms with Crippen LogP contribution in [0.1, 0.15) is 0 Å². The van der Waals surface area contributed by atoms with Gasteiger partial charge in [0.25, 0.3) is 0 Å². The summed E-state index contributed by atoms with van der Waals surface area (Å²) < 4.78 is 11.7. The van der Waals surface area contributed by atoms with E-state index in [-0.39, 0.29) is 23.4 Å². The standard InChI is InChI=1S/H2O5P.Sb.2H/c1-6(2,3)4-5-6;;;/h1-2H;;;/q-1;+1;;. The summed E-state index contributed by atoms with van der Waals surface area (Å²) in [7, 11) is -4.27. The van der Waals surface area contributed by atoms with Crippen LogP contribution in [-0.4, -0.2) is 33.2 Å². The van der Waals surface area contributed by atoms with Crippen molar-refractivity contribution in [3.8, 4) is 0 Å². The molecule has 0 aromatic rings. The molecule has 0 atom stereocenters. The molecule has 0 saturated carbocycles. The van der Waals surface area contributed by atoms with Crippen molar-refractivity contribution in [2.75, 3.05) is 0 Å². The van der Waals surface area contributed by atoms with Gasteiger partial charge in [-0.3, -0.25) is 0 Å². The zero-order chi connectivity index (χ0) is 5.57. The molecule has 0 spiro atoms. The van der Waals surface area contributed by atoms with Crippen molar-refractivity contribution >= 4 is 31.2 Å². The molecule has 0 unspecified atom stereocenters. The molecular formula is H4O5PSb. The molecule has 0 aliphatic carbocycles. The van der Waals surface area contributed by atoms with Crippen LogP contribution in [0.2, 0.25) is 0 Å². The summed E-state index contributed by atoms with van der Waals surface area (Å²) in [5, 5.41) is 0.